The van der Waals surface area contributed by atoms with Crippen LogP contribution in [-0.2, 0) is 6.54 Å². The normalized spacial score (nSPS) is 26.5. The first-order valence-corrected chi connectivity index (χ1v) is 10.6. The lowest BCUT2D eigenvalue weighted by molar-refractivity contribution is -0.127. The zero-order chi connectivity index (χ0) is 21.8. The number of anilines is 1. The molecule has 2 aromatic rings. The summed E-state index contributed by atoms with van der Waals surface area (Å²) in [6.07, 6.45) is 1.36. The Kier molecular flexibility index (Phi) is 4.86. The molecule has 1 amide bonds. The van der Waals surface area contributed by atoms with E-state index >= 15 is 0 Å². The quantitative estimate of drug-likeness (QED) is 0.488. The predicted molar refractivity (Wildman–Crippen MR) is 115 cm³/mol. The van der Waals surface area contributed by atoms with Gasteiger partial charge in [-0.2, -0.15) is 0 Å². The maximum atomic E-state index is 13.5. The van der Waals surface area contributed by atoms with Gasteiger partial charge in [0.1, 0.15) is 24.4 Å². The van der Waals surface area contributed by atoms with Crippen LogP contribution in [0.1, 0.15) is 35.2 Å². The molecule has 2 bridgehead atoms. The molecule has 3 saturated carbocycles. The number of hydrogen-bond acceptors (Lipinski definition) is 6. The Bertz CT molecular complexity index is 1030. The van der Waals surface area contributed by atoms with E-state index in [2.05, 4.69) is 16.1 Å². The van der Waals surface area contributed by atoms with Crippen molar-refractivity contribution in [1.82, 2.24) is 16.1 Å². The van der Waals surface area contributed by atoms with E-state index < -0.39 is 12.0 Å². The fraction of sp³-hybridized carbons (Fsp3) is 0.409. The number of aliphatic hydroxyl groups is 1. The molecule has 164 valence electrons. The molecule has 7 nitrogen and oxygen atoms in total. The molecular formula is C22H24ClFN4O3. The topological polar surface area (TPSA) is 85.9 Å². The third-order valence-corrected chi connectivity index (χ3v) is 6.69. The van der Waals surface area contributed by atoms with Gasteiger partial charge < -0.3 is 20.2 Å². The molecule has 0 radical (unpaired) electrons. The third kappa shape index (κ3) is 3.63. The van der Waals surface area contributed by atoms with Gasteiger partial charge >= 0.3 is 0 Å². The average molecular weight is 447 g/mol. The first kappa shape index (κ1) is 20.5. The van der Waals surface area contributed by atoms with Gasteiger partial charge in [-0.1, -0.05) is 23.7 Å². The van der Waals surface area contributed by atoms with Crippen molar-refractivity contribution >= 4 is 23.2 Å². The van der Waals surface area contributed by atoms with Gasteiger partial charge in [-0.25, -0.2) is 9.82 Å². The summed E-state index contributed by atoms with van der Waals surface area (Å²) in [6.45, 7) is 0.700. The Labute approximate surface area is 184 Å². The molecular weight excluding hydrogens is 423 g/mol. The standard InChI is InChI=1S/C22H24ClFN4O3/c1-28-19-13(8-25-28)3-2-4-15(19)20(30)27-22-10-21(11-22,12-22)26-18(29)9-31-14-5-6-16(23)17(24)7-14/h2-7,18,25-26,29H,8-12H2,1H3,(H,27,30). The highest BCUT2D eigenvalue weighted by Gasteiger charge is 2.69. The van der Waals surface area contributed by atoms with Crippen molar-refractivity contribution in [2.45, 2.75) is 43.1 Å². The van der Waals surface area contributed by atoms with E-state index in [1.54, 1.807) is 6.07 Å². The summed E-state index contributed by atoms with van der Waals surface area (Å²) in [5, 5.41) is 18.6. The highest BCUT2D eigenvalue weighted by molar-refractivity contribution is 6.30. The molecule has 31 heavy (non-hydrogen) atoms. The van der Waals surface area contributed by atoms with E-state index in [0.717, 1.165) is 30.5 Å². The first-order chi connectivity index (χ1) is 14.8. The van der Waals surface area contributed by atoms with Crippen molar-refractivity contribution in [3.05, 3.63) is 58.4 Å². The number of carbonyl (C=O) groups is 1. The minimum Gasteiger partial charge on any atom is -0.489 e. The molecule has 0 aromatic heterocycles. The number of benzene rings is 2. The molecule has 9 heteroatoms. The van der Waals surface area contributed by atoms with Crippen LogP contribution < -0.4 is 25.8 Å². The molecule has 0 spiro atoms. The lowest BCUT2D eigenvalue weighted by Gasteiger charge is -2.71. The second kappa shape index (κ2) is 7.34. The monoisotopic (exact) mass is 446 g/mol. The summed E-state index contributed by atoms with van der Waals surface area (Å²) in [5.41, 5.74) is 5.49. The van der Waals surface area contributed by atoms with Crippen LogP contribution in [0, 0.1) is 5.82 Å². The zero-order valence-corrected chi connectivity index (χ0v) is 17.8. The Morgan fingerprint density at radius 2 is 2.10 bits per heavy atom. The summed E-state index contributed by atoms with van der Waals surface area (Å²) in [7, 11) is 1.91. The van der Waals surface area contributed by atoms with Crippen LogP contribution in [0.3, 0.4) is 0 Å². The number of nitrogens with zero attached hydrogens (tertiary/aromatic N) is 1. The van der Waals surface area contributed by atoms with Crippen molar-refractivity contribution in [3.8, 4) is 5.75 Å². The van der Waals surface area contributed by atoms with Gasteiger partial charge in [-0.05, 0) is 43.0 Å². The van der Waals surface area contributed by atoms with Gasteiger partial charge in [0.25, 0.3) is 5.91 Å². The molecule has 1 unspecified atom stereocenters. The lowest BCUT2D eigenvalue weighted by Crippen LogP contribution is -2.84. The molecule has 2 aromatic carbocycles. The largest absolute Gasteiger partial charge is 0.489 e. The molecule has 0 saturated heterocycles. The number of amides is 1. The third-order valence-electron chi connectivity index (χ3n) is 6.39. The van der Waals surface area contributed by atoms with Crippen LogP contribution in [-0.4, -0.2) is 42.0 Å². The van der Waals surface area contributed by atoms with Gasteiger partial charge in [0.2, 0.25) is 0 Å². The molecule has 3 fully saturated rings. The number of rotatable bonds is 7. The van der Waals surface area contributed by atoms with Crippen molar-refractivity contribution in [3.63, 3.8) is 0 Å². The Balaban J connectivity index is 1.13. The number of fused-ring (bicyclic) bond motifs is 1. The maximum absolute atomic E-state index is 13.5. The van der Waals surface area contributed by atoms with E-state index in [-0.39, 0.29) is 28.6 Å². The maximum Gasteiger partial charge on any atom is 0.253 e. The second-order valence-corrected chi connectivity index (χ2v) is 9.21. The van der Waals surface area contributed by atoms with Crippen molar-refractivity contribution in [2.75, 3.05) is 18.7 Å². The SMILES string of the molecule is CN1NCc2cccc(C(=O)NC34CC(NC(O)COc5ccc(Cl)c(F)c5)(C3)C4)c21. The second-order valence-electron chi connectivity index (χ2n) is 8.80. The predicted octanol–water partition coefficient (Wildman–Crippen LogP) is 2.33. The van der Waals surface area contributed by atoms with Gasteiger partial charge in [-0.15, -0.1) is 0 Å². The number of halogens is 2. The fourth-order valence-electron chi connectivity index (χ4n) is 5.11. The van der Waals surface area contributed by atoms with E-state index in [1.165, 1.54) is 12.1 Å². The van der Waals surface area contributed by atoms with Crippen LogP contribution in [0.15, 0.2) is 36.4 Å². The van der Waals surface area contributed by atoms with E-state index in [4.69, 9.17) is 16.3 Å². The number of nitrogens with one attached hydrogen (secondary N) is 3. The smallest absolute Gasteiger partial charge is 0.253 e. The number of aliphatic hydroxyl groups excluding tert-OH is 1. The Morgan fingerprint density at radius 3 is 2.84 bits per heavy atom. The zero-order valence-electron chi connectivity index (χ0n) is 17.0. The summed E-state index contributed by atoms with van der Waals surface area (Å²) in [6, 6.07) is 9.92. The minimum absolute atomic E-state index is 0.0162. The Morgan fingerprint density at radius 1 is 1.32 bits per heavy atom. The highest BCUT2D eigenvalue weighted by Crippen LogP contribution is 2.60. The van der Waals surface area contributed by atoms with Crippen LogP contribution in [0.25, 0.3) is 0 Å². The molecule has 4 N–H and O–H groups in total. The summed E-state index contributed by atoms with van der Waals surface area (Å²) < 4.78 is 18.9. The first-order valence-electron chi connectivity index (χ1n) is 10.2. The van der Waals surface area contributed by atoms with Crippen molar-refractivity contribution < 1.29 is 19.0 Å². The molecule has 6 rings (SSSR count). The Hall–Kier alpha value is -2.39. The van der Waals surface area contributed by atoms with Crippen LogP contribution >= 0.6 is 11.6 Å². The number of hydrogen-bond donors (Lipinski definition) is 4. The van der Waals surface area contributed by atoms with Crippen molar-refractivity contribution in [2.24, 2.45) is 0 Å². The van der Waals surface area contributed by atoms with Gasteiger partial charge in [-0.3, -0.25) is 10.1 Å². The fourth-order valence-corrected chi connectivity index (χ4v) is 5.23. The van der Waals surface area contributed by atoms with Gasteiger partial charge in [0.05, 0.1) is 16.3 Å². The van der Waals surface area contributed by atoms with E-state index in [1.807, 2.05) is 30.3 Å². The molecule has 1 aliphatic heterocycles. The van der Waals surface area contributed by atoms with Crippen LogP contribution in [0.4, 0.5) is 10.1 Å². The number of ether oxygens (including phenoxy) is 1. The lowest BCUT2D eigenvalue weighted by atomic mass is 9.44. The average Bonchev–Trinajstić information content (AvgIpc) is 3.07. The van der Waals surface area contributed by atoms with Crippen LogP contribution in [0.5, 0.6) is 5.75 Å². The number of para-hydroxylation sites is 1. The van der Waals surface area contributed by atoms with Gasteiger partial charge in [0.15, 0.2) is 0 Å². The van der Waals surface area contributed by atoms with E-state index in [0.29, 0.717) is 17.9 Å². The van der Waals surface area contributed by atoms with Crippen molar-refractivity contribution in [1.29, 1.82) is 0 Å². The van der Waals surface area contributed by atoms with Gasteiger partial charge in [0, 0.05) is 30.7 Å². The summed E-state index contributed by atoms with van der Waals surface area (Å²) in [5.74, 6) is -0.335. The highest BCUT2D eigenvalue weighted by atomic mass is 35.5. The van der Waals surface area contributed by atoms with Crippen LogP contribution in [0.2, 0.25) is 5.02 Å². The van der Waals surface area contributed by atoms with E-state index in [9.17, 15) is 14.3 Å². The number of carbonyl (C=O) groups excluding carboxylic acids is 1. The molecule has 1 atom stereocenters. The molecule has 1 heterocycles. The number of hydrazine groups is 1. The molecule has 3 aliphatic carbocycles. The summed E-state index contributed by atoms with van der Waals surface area (Å²) >= 11 is 5.66. The minimum atomic E-state index is -0.898. The molecule has 4 aliphatic rings. The summed E-state index contributed by atoms with van der Waals surface area (Å²) in [4.78, 5) is 12.9.